The zero-order valence-corrected chi connectivity index (χ0v) is 16.3. The van der Waals surface area contributed by atoms with E-state index in [0.717, 1.165) is 40.9 Å². The van der Waals surface area contributed by atoms with Gasteiger partial charge in [0.25, 0.3) is 0 Å². The van der Waals surface area contributed by atoms with Crippen LogP contribution in [0.5, 0.6) is 0 Å². The van der Waals surface area contributed by atoms with Gasteiger partial charge in [-0.15, -0.1) is 0 Å². The standard InChI is InChI=1S/C21H22N6O/c1-13-9-26(20(28)21(13,12-22)16-4-5-16)18-6-7-23-27-10-15(8-19(18)27)17-11-25(3)24-14(17)2/h6-8,10-11,13,16H,4-5,9H2,1-3H3/t13-,21+/m1/s1. The maximum absolute atomic E-state index is 13.4. The molecular formula is C21H22N6O. The van der Waals surface area contributed by atoms with Gasteiger partial charge in [0.1, 0.15) is 5.41 Å². The molecule has 3 aromatic rings. The number of rotatable bonds is 3. The average Bonchev–Trinajstić information content (AvgIpc) is 3.25. The molecule has 1 saturated carbocycles. The fourth-order valence-electron chi connectivity index (χ4n) is 4.77. The molecule has 1 saturated heterocycles. The van der Waals surface area contributed by atoms with Crippen LogP contribution in [0.15, 0.2) is 30.7 Å². The predicted molar refractivity (Wildman–Crippen MR) is 104 cm³/mol. The molecule has 0 unspecified atom stereocenters. The molecule has 0 spiro atoms. The van der Waals surface area contributed by atoms with Gasteiger partial charge in [-0.3, -0.25) is 9.48 Å². The molecule has 0 bridgehead atoms. The van der Waals surface area contributed by atoms with Crippen molar-refractivity contribution in [3.05, 3.63) is 36.4 Å². The predicted octanol–water partition coefficient (Wildman–Crippen LogP) is 2.95. The molecule has 3 aromatic heterocycles. The summed E-state index contributed by atoms with van der Waals surface area (Å²) in [5.74, 6) is 0.155. The molecule has 7 nitrogen and oxygen atoms in total. The van der Waals surface area contributed by atoms with Gasteiger partial charge in [0.05, 0.1) is 23.0 Å². The lowest BCUT2D eigenvalue weighted by atomic mass is 9.75. The topological polar surface area (TPSA) is 79.2 Å². The van der Waals surface area contributed by atoms with E-state index in [1.165, 1.54) is 0 Å². The third-order valence-electron chi connectivity index (χ3n) is 6.34. The Morgan fingerprint density at radius 1 is 1.32 bits per heavy atom. The van der Waals surface area contributed by atoms with Crippen LogP contribution in [-0.2, 0) is 11.8 Å². The molecule has 1 aliphatic carbocycles. The Morgan fingerprint density at radius 3 is 2.75 bits per heavy atom. The maximum Gasteiger partial charge on any atom is 0.248 e. The molecule has 4 heterocycles. The summed E-state index contributed by atoms with van der Waals surface area (Å²) in [6.45, 7) is 4.57. The third-order valence-corrected chi connectivity index (χ3v) is 6.34. The number of hydrogen-bond donors (Lipinski definition) is 0. The number of carbonyl (C=O) groups excluding carboxylic acids is 1. The van der Waals surface area contributed by atoms with Crippen molar-refractivity contribution < 1.29 is 4.79 Å². The van der Waals surface area contributed by atoms with E-state index in [0.29, 0.717) is 6.54 Å². The lowest BCUT2D eigenvalue weighted by Gasteiger charge is -2.23. The summed E-state index contributed by atoms with van der Waals surface area (Å²) >= 11 is 0. The van der Waals surface area contributed by atoms with Crippen LogP contribution in [0.3, 0.4) is 0 Å². The lowest BCUT2D eigenvalue weighted by Crippen LogP contribution is -2.37. The molecule has 0 aromatic carbocycles. The van der Waals surface area contributed by atoms with E-state index in [4.69, 9.17) is 0 Å². The van der Waals surface area contributed by atoms with Crippen LogP contribution in [0.2, 0.25) is 0 Å². The summed E-state index contributed by atoms with van der Waals surface area (Å²) in [5.41, 5.74) is 3.81. The molecule has 2 fully saturated rings. The van der Waals surface area contributed by atoms with Crippen LogP contribution in [0.25, 0.3) is 16.6 Å². The minimum atomic E-state index is -0.879. The van der Waals surface area contributed by atoms with Crippen LogP contribution >= 0.6 is 0 Å². The summed E-state index contributed by atoms with van der Waals surface area (Å²) in [4.78, 5) is 15.2. The Morgan fingerprint density at radius 2 is 2.11 bits per heavy atom. The Balaban J connectivity index is 1.61. The van der Waals surface area contributed by atoms with Crippen molar-refractivity contribution in [3.63, 3.8) is 0 Å². The first-order chi connectivity index (χ1) is 13.5. The van der Waals surface area contributed by atoms with Crippen molar-refractivity contribution in [3.8, 4) is 17.2 Å². The third kappa shape index (κ3) is 2.18. The largest absolute Gasteiger partial charge is 0.309 e. The number of fused-ring (bicyclic) bond motifs is 1. The Hall–Kier alpha value is -3.14. The molecule has 1 amide bonds. The Bertz CT molecular complexity index is 1150. The van der Waals surface area contributed by atoms with E-state index < -0.39 is 5.41 Å². The van der Waals surface area contributed by atoms with Crippen molar-refractivity contribution in [1.29, 1.82) is 5.26 Å². The summed E-state index contributed by atoms with van der Waals surface area (Å²) < 4.78 is 3.60. The monoisotopic (exact) mass is 374 g/mol. The fourth-order valence-corrected chi connectivity index (χ4v) is 4.77. The average molecular weight is 374 g/mol. The second kappa shape index (κ2) is 5.68. The summed E-state index contributed by atoms with van der Waals surface area (Å²) in [6, 6.07) is 6.33. The highest BCUT2D eigenvalue weighted by atomic mass is 16.2. The highest BCUT2D eigenvalue weighted by Crippen LogP contribution is 2.54. The smallest absolute Gasteiger partial charge is 0.248 e. The van der Waals surface area contributed by atoms with Crippen molar-refractivity contribution in [2.75, 3.05) is 11.4 Å². The number of nitriles is 1. The zero-order chi connectivity index (χ0) is 19.6. The Labute approximate surface area is 163 Å². The normalized spacial score (nSPS) is 24.9. The van der Waals surface area contributed by atoms with Crippen molar-refractivity contribution in [2.45, 2.75) is 26.7 Å². The highest BCUT2D eigenvalue weighted by molar-refractivity contribution is 6.05. The van der Waals surface area contributed by atoms with Gasteiger partial charge in [0.2, 0.25) is 5.91 Å². The molecule has 2 atom stereocenters. The highest BCUT2D eigenvalue weighted by Gasteiger charge is 2.61. The quantitative estimate of drug-likeness (QED) is 0.706. The number of carbonyl (C=O) groups is 1. The van der Waals surface area contributed by atoms with Gasteiger partial charge in [-0.1, -0.05) is 6.92 Å². The van der Waals surface area contributed by atoms with E-state index in [2.05, 4.69) is 16.3 Å². The first kappa shape index (κ1) is 17.0. The second-order valence-corrected chi connectivity index (χ2v) is 8.15. The number of aryl methyl sites for hydroxylation is 2. The van der Waals surface area contributed by atoms with Gasteiger partial charge < -0.3 is 4.90 Å². The number of nitrogens with zero attached hydrogens (tertiary/aromatic N) is 6. The van der Waals surface area contributed by atoms with Gasteiger partial charge in [-0.05, 0) is 37.8 Å². The molecule has 28 heavy (non-hydrogen) atoms. The minimum Gasteiger partial charge on any atom is -0.309 e. The molecular weight excluding hydrogens is 352 g/mol. The molecule has 0 radical (unpaired) electrons. The molecule has 142 valence electrons. The van der Waals surface area contributed by atoms with Gasteiger partial charge in [0.15, 0.2) is 0 Å². The second-order valence-electron chi connectivity index (χ2n) is 8.15. The number of hydrogen-bond acceptors (Lipinski definition) is 4. The first-order valence-corrected chi connectivity index (χ1v) is 9.67. The first-order valence-electron chi connectivity index (χ1n) is 9.67. The molecule has 7 heteroatoms. The minimum absolute atomic E-state index is 0.0146. The van der Waals surface area contributed by atoms with Crippen molar-refractivity contribution in [1.82, 2.24) is 19.4 Å². The fraction of sp³-hybridized carbons (Fsp3) is 0.429. The van der Waals surface area contributed by atoms with Gasteiger partial charge in [-0.25, -0.2) is 4.52 Å². The van der Waals surface area contributed by atoms with E-state index in [1.807, 2.05) is 45.4 Å². The van der Waals surface area contributed by atoms with Gasteiger partial charge >= 0.3 is 0 Å². The molecule has 2 aliphatic rings. The van der Waals surface area contributed by atoms with Crippen LogP contribution < -0.4 is 4.90 Å². The molecule has 5 rings (SSSR count). The number of aromatic nitrogens is 4. The zero-order valence-electron chi connectivity index (χ0n) is 16.3. The van der Waals surface area contributed by atoms with E-state index in [9.17, 15) is 10.1 Å². The maximum atomic E-state index is 13.4. The Kier molecular flexibility index (Phi) is 3.45. The van der Waals surface area contributed by atoms with Crippen LogP contribution in [0, 0.1) is 35.5 Å². The SMILES string of the molecule is Cc1nn(C)cc1-c1cc2c(N3C[C@@H](C)[C@@](C#N)(C4CC4)C3=O)ccnn2c1. The summed E-state index contributed by atoms with van der Waals surface area (Å²) in [6.07, 6.45) is 7.60. The van der Waals surface area contributed by atoms with E-state index in [-0.39, 0.29) is 17.7 Å². The van der Waals surface area contributed by atoms with Crippen LogP contribution in [-0.4, -0.2) is 31.8 Å². The lowest BCUT2D eigenvalue weighted by molar-refractivity contribution is -0.124. The van der Waals surface area contributed by atoms with Gasteiger partial charge in [-0.2, -0.15) is 15.5 Å². The summed E-state index contributed by atoms with van der Waals surface area (Å²) in [5, 5.41) is 18.8. The van der Waals surface area contributed by atoms with Gasteiger partial charge in [0, 0.05) is 49.2 Å². The van der Waals surface area contributed by atoms with Crippen molar-refractivity contribution in [2.24, 2.45) is 24.3 Å². The number of amides is 1. The molecule has 0 N–H and O–H groups in total. The molecule has 1 aliphatic heterocycles. The number of anilines is 1. The summed E-state index contributed by atoms with van der Waals surface area (Å²) in [7, 11) is 1.90. The van der Waals surface area contributed by atoms with Crippen LogP contribution in [0.1, 0.15) is 25.5 Å². The van der Waals surface area contributed by atoms with Crippen molar-refractivity contribution >= 4 is 17.1 Å². The van der Waals surface area contributed by atoms with Crippen LogP contribution in [0.4, 0.5) is 5.69 Å². The van der Waals surface area contributed by atoms with E-state index in [1.54, 1.807) is 20.3 Å². The van der Waals surface area contributed by atoms with E-state index >= 15 is 0 Å².